The van der Waals surface area contributed by atoms with Crippen molar-refractivity contribution in [3.63, 3.8) is 0 Å². The van der Waals surface area contributed by atoms with Crippen molar-refractivity contribution >= 4 is 5.69 Å². The molecule has 19 heavy (non-hydrogen) atoms. The van der Waals surface area contributed by atoms with E-state index in [1.165, 1.54) is 0 Å². The van der Waals surface area contributed by atoms with Gasteiger partial charge in [-0.05, 0) is 27.8 Å². The van der Waals surface area contributed by atoms with Crippen LogP contribution in [0.5, 0.6) is 0 Å². The number of aliphatic hydroxyl groups is 1. The Kier molecular flexibility index (Phi) is 5.78. The number of anilines is 1. The number of rotatable bonds is 7. The first kappa shape index (κ1) is 15.9. The molecule has 0 saturated heterocycles. The van der Waals surface area contributed by atoms with Gasteiger partial charge in [-0.1, -0.05) is 0 Å². The Balaban J connectivity index is 2.55. The topological polar surface area (TPSA) is 76.5 Å². The minimum atomic E-state index is -0.485. The third-order valence-electron chi connectivity index (χ3n) is 3.48. The lowest BCUT2D eigenvalue weighted by molar-refractivity contribution is 0.0617. The van der Waals surface area contributed by atoms with E-state index in [1.54, 1.807) is 11.8 Å². The predicted octanol–water partition coefficient (Wildman–Crippen LogP) is 0.410. The molecule has 0 amide bonds. The molecule has 3 N–H and O–H groups in total. The van der Waals surface area contributed by atoms with Crippen LogP contribution in [-0.2, 0) is 11.3 Å². The number of aromatic nitrogens is 2. The zero-order valence-corrected chi connectivity index (χ0v) is 12.6. The molecule has 0 aliphatic carbocycles. The van der Waals surface area contributed by atoms with Crippen LogP contribution in [0.1, 0.15) is 18.3 Å². The second-order valence-corrected chi connectivity index (χ2v) is 5.16. The van der Waals surface area contributed by atoms with Crippen LogP contribution in [0.2, 0.25) is 0 Å². The smallest absolute Gasteiger partial charge is 0.0862 e. The molecule has 0 saturated carbocycles. The van der Waals surface area contributed by atoms with Crippen molar-refractivity contribution < 1.29 is 9.84 Å². The molecule has 6 nitrogen and oxygen atoms in total. The van der Waals surface area contributed by atoms with Gasteiger partial charge in [-0.15, -0.1) is 0 Å². The van der Waals surface area contributed by atoms with E-state index in [4.69, 9.17) is 10.5 Å². The van der Waals surface area contributed by atoms with Crippen molar-refractivity contribution in [1.82, 2.24) is 14.7 Å². The lowest BCUT2D eigenvalue weighted by Gasteiger charge is -2.26. The number of aliphatic hydroxyl groups excluding tert-OH is 1. The number of likely N-dealkylation sites (N-methyl/N-ethyl adjacent to an activating group) is 1. The lowest BCUT2D eigenvalue weighted by Crippen LogP contribution is -2.39. The summed E-state index contributed by atoms with van der Waals surface area (Å²) in [6, 6.07) is 0.269. The fourth-order valence-electron chi connectivity index (χ4n) is 2.03. The highest BCUT2D eigenvalue weighted by molar-refractivity contribution is 5.46. The molecule has 1 aromatic heterocycles. The molecule has 2 unspecified atom stereocenters. The summed E-state index contributed by atoms with van der Waals surface area (Å²) in [5, 5.41) is 14.5. The summed E-state index contributed by atoms with van der Waals surface area (Å²) in [7, 11) is 3.65. The summed E-state index contributed by atoms with van der Waals surface area (Å²) in [6.45, 7) is 7.53. The molecule has 0 aromatic carbocycles. The summed E-state index contributed by atoms with van der Waals surface area (Å²) in [4.78, 5) is 2.07. The molecule has 110 valence electrons. The van der Waals surface area contributed by atoms with Crippen LogP contribution < -0.4 is 5.73 Å². The predicted molar refractivity (Wildman–Crippen MR) is 76.1 cm³/mol. The number of aryl methyl sites for hydroxylation is 1. The van der Waals surface area contributed by atoms with Gasteiger partial charge in [0.15, 0.2) is 0 Å². The number of nitrogens with zero attached hydrogens (tertiary/aromatic N) is 3. The Bertz CT molecular complexity index is 406. The Hall–Kier alpha value is -1.11. The molecule has 0 fully saturated rings. The largest absolute Gasteiger partial charge is 0.396 e. The minimum absolute atomic E-state index is 0.269. The highest BCUT2D eigenvalue weighted by Gasteiger charge is 2.16. The SMILES string of the molecule is COCC(C)N(C)CC(O)Cn1nc(C)c(N)c1C. The summed E-state index contributed by atoms with van der Waals surface area (Å²) in [5.41, 5.74) is 8.30. The Labute approximate surface area is 115 Å². The summed E-state index contributed by atoms with van der Waals surface area (Å²) in [5.74, 6) is 0. The van der Waals surface area contributed by atoms with Gasteiger partial charge in [-0.25, -0.2) is 0 Å². The second-order valence-electron chi connectivity index (χ2n) is 5.16. The Morgan fingerprint density at radius 3 is 2.58 bits per heavy atom. The van der Waals surface area contributed by atoms with Crippen LogP contribution in [0.4, 0.5) is 5.69 Å². The van der Waals surface area contributed by atoms with E-state index >= 15 is 0 Å². The van der Waals surface area contributed by atoms with Crippen molar-refractivity contribution in [2.24, 2.45) is 0 Å². The van der Waals surface area contributed by atoms with E-state index in [0.717, 1.165) is 11.4 Å². The van der Waals surface area contributed by atoms with Crippen LogP contribution in [0.3, 0.4) is 0 Å². The van der Waals surface area contributed by atoms with Gasteiger partial charge < -0.3 is 15.6 Å². The van der Waals surface area contributed by atoms with Crippen LogP contribution in [0.25, 0.3) is 0 Å². The van der Waals surface area contributed by atoms with E-state index in [-0.39, 0.29) is 6.04 Å². The maximum absolute atomic E-state index is 10.1. The van der Waals surface area contributed by atoms with E-state index in [2.05, 4.69) is 16.9 Å². The van der Waals surface area contributed by atoms with E-state index in [9.17, 15) is 5.11 Å². The number of nitrogens with two attached hydrogens (primary N) is 1. The molecule has 2 atom stereocenters. The van der Waals surface area contributed by atoms with Gasteiger partial charge in [0, 0.05) is 19.7 Å². The fraction of sp³-hybridized carbons (Fsp3) is 0.769. The maximum atomic E-state index is 10.1. The lowest BCUT2D eigenvalue weighted by atomic mass is 10.2. The van der Waals surface area contributed by atoms with Crippen molar-refractivity contribution in [3.8, 4) is 0 Å². The number of nitrogen functional groups attached to an aromatic ring is 1. The van der Waals surface area contributed by atoms with Crippen molar-refractivity contribution in [2.45, 2.75) is 39.5 Å². The van der Waals surface area contributed by atoms with Gasteiger partial charge in [0.2, 0.25) is 0 Å². The minimum Gasteiger partial charge on any atom is -0.396 e. The zero-order chi connectivity index (χ0) is 14.6. The zero-order valence-electron chi connectivity index (χ0n) is 12.6. The number of hydrogen-bond donors (Lipinski definition) is 2. The van der Waals surface area contributed by atoms with Gasteiger partial charge in [-0.3, -0.25) is 9.58 Å². The van der Waals surface area contributed by atoms with Crippen molar-refractivity contribution in [1.29, 1.82) is 0 Å². The van der Waals surface area contributed by atoms with Gasteiger partial charge in [0.1, 0.15) is 0 Å². The van der Waals surface area contributed by atoms with Crippen LogP contribution in [0, 0.1) is 13.8 Å². The quantitative estimate of drug-likeness (QED) is 0.750. The molecule has 1 aromatic rings. The molecule has 0 aliphatic rings. The normalized spacial score (nSPS) is 14.9. The van der Waals surface area contributed by atoms with Gasteiger partial charge in [0.05, 0.1) is 36.3 Å². The van der Waals surface area contributed by atoms with E-state index in [0.29, 0.717) is 25.4 Å². The van der Waals surface area contributed by atoms with Gasteiger partial charge >= 0.3 is 0 Å². The average molecular weight is 270 g/mol. The molecule has 0 spiro atoms. The third-order valence-corrected chi connectivity index (χ3v) is 3.48. The van der Waals surface area contributed by atoms with Crippen LogP contribution in [-0.4, -0.2) is 59.2 Å². The molecule has 6 heteroatoms. The Morgan fingerprint density at radius 2 is 2.11 bits per heavy atom. The molecule has 0 bridgehead atoms. The molecule has 0 radical (unpaired) electrons. The highest BCUT2D eigenvalue weighted by Crippen LogP contribution is 2.15. The van der Waals surface area contributed by atoms with E-state index in [1.807, 2.05) is 20.9 Å². The molecule has 1 heterocycles. The van der Waals surface area contributed by atoms with Crippen LogP contribution in [0.15, 0.2) is 0 Å². The molecule has 0 aliphatic heterocycles. The summed E-state index contributed by atoms with van der Waals surface area (Å²) >= 11 is 0. The monoisotopic (exact) mass is 270 g/mol. The average Bonchev–Trinajstić information content (AvgIpc) is 2.57. The maximum Gasteiger partial charge on any atom is 0.0862 e. The molecular weight excluding hydrogens is 244 g/mol. The second kappa shape index (κ2) is 6.88. The standard InChI is InChI=1S/C13H26N4O2/c1-9(8-19-5)16(4)6-12(18)7-17-11(3)13(14)10(2)15-17/h9,12,18H,6-8,14H2,1-5H3. The highest BCUT2D eigenvalue weighted by atomic mass is 16.5. The molecule has 1 rings (SSSR count). The van der Waals surface area contributed by atoms with Gasteiger partial charge in [0.25, 0.3) is 0 Å². The fourth-order valence-corrected chi connectivity index (χ4v) is 2.03. The summed E-state index contributed by atoms with van der Waals surface area (Å²) in [6.07, 6.45) is -0.485. The third kappa shape index (κ3) is 4.19. The first-order chi connectivity index (χ1) is 8.86. The van der Waals surface area contributed by atoms with Gasteiger partial charge in [-0.2, -0.15) is 5.10 Å². The van der Waals surface area contributed by atoms with Crippen LogP contribution >= 0.6 is 0 Å². The van der Waals surface area contributed by atoms with Crippen molar-refractivity contribution in [2.75, 3.05) is 33.0 Å². The Morgan fingerprint density at radius 1 is 1.47 bits per heavy atom. The van der Waals surface area contributed by atoms with E-state index < -0.39 is 6.10 Å². The first-order valence-corrected chi connectivity index (χ1v) is 6.53. The first-order valence-electron chi connectivity index (χ1n) is 6.53. The summed E-state index contributed by atoms with van der Waals surface area (Å²) < 4.78 is 6.87. The molecular formula is C13H26N4O2. The number of ether oxygens (including phenoxy) is 1. The van der Waals surface area contributed by atoms with Crippen molar-refractivity contribution in [3.05, 3.63) is 11.4 Å². The number of hydrogen-bond acceptors (Lipinski definition) is 5. The number of methoxy groups -OCH3 is 1.